The van der Waals surface area contributed by atoms with E-state index in [1.165, 1.54) is 12.3 Å². The lowest BCUT2D eigenvalue weighted by molar-refractivity contribution is -0.120. The molecule has 0 aliphatic carbocycles. The summed E-state index contributed by atoms with van der Waals surface area (Å²) in [5.41, 5.74) is 2.05. The Balaban J connectivity index is 1.24. The molecular weight excluding hydrogens is 460 g/mol. The Morgan fingerprint density at radius 1 is 1.22 bits per heavy atom. The van der Waals surface area contributed by atoms with Crippen LogP contribution >= 0.6 is 0 Å². The van der Waals surface area contributed by atoms with Gasteiger partial charge in [-0.3, -0.25) is 9.59 Å². The molecule has 0 saturated carbocycles. The fourth-order valence-corrected chi connectivity index (χ4v) is 4.26. The van der Waals surface area contributed by atoms with Crippen LogP contribution < -0.4 is 15.8 Å². The fourth-order valence-electron chi connectivity index (χ4n) is 4.26. The van der Waals surface area contributed by atoms with Gasteiger partial charge in [0.1, 0.15) is 11.9 Å². The maximum Gasteiger partial charge on any atom is 0.266 e. The summed E-state index contributed by atoms with van der Waals surface area (Å²) in [6, 6.07) is 14.3. The van der Waals surface area contributed by atoms with Crippen molar-refractivity contribution >= 4 is 17.5 Å². The highest BCUT2D eigenvalue weighted by atomic mass is 16.4. The molecule has 0 atom stereocenters. The number of hydrogen-bond donors (Lipinski definition) is 2. The standard InChI is InChI=1S/C26H24N6O4/c1-2-18-14-22(33)31-23(28-18)17-5-3-6-19(13-17)29-24(34)16-8-10-32(11-9-16)26-20(15-27)30-25(36-26)21-7-4-12-35-21/h3-7,12-14,16H,2,8-11H2,1H3,(H,29,34)(H,28,31,33). The van der Waals surface area contributed by atoms with Gasteiger partial charge < -0.3 is 24.0 Å². The van der Waals surface area contributed by atoms with E-state index in [2.05, 4.69) is 26.3 Å². The fraction of sp³-hybridized carbons (Fsp3) is 0.269. The average molecular weight is 485 g/mol. The van der Waals surface area contributed by atoms with Crippen LogP contribution in [0.1, 0.15) is 31.2 Å². The van der Waals surface area contributed by atoms with Gasteiger partial charge in [0.25, 0.3) is 11.4 Å². The Bertz CT molecular complexity index is 1470. The lowest BCUT2D eigenvalue weighted by atomic mass is 9.95. The average Bonchev–Trinajstić information content (AvgIpc) is 3.59. The van der Waals surface area contributed by atoms with Crippen LogP contribution in [0.3, 0.4) is 0 Å². The van der Waals surface area contributed by atoms with E-state index >= 15 is 0 Å². The molecule has 1 aliphatic heterocycles. The van der Waals surface area contributed by atoms with Crippen LogP contribution in [-0.4, -0.2) is 33.9 Å². The van der Waals surface area contributed by atoms with Gasteiger partial charge in [-0.1, -0.05) is 19.1 Å². The number of nitriles is 1. The summed E-state index contributed by atoms with van der Waals surface area (Å²) in [7, 11) is 0. The summed E-state index contributed by atoms with van der Waals surface area (Å²) in [6.07, 6.45) is 3.37. The van der Waals surface area contributed by atoms with Crippen molar-refractivity contribution in [3.8, 4) is 29.1 Å². The quantitative estimate of drug-likeness (QED) is 0.419. The number of nitrogens with one attached hydrogen (secondary N) is 2. The summed E-state index contributed by atoms with van der Waals surface area (Å²) in [5.74, 6) is 1.31. The van der Waals surface area contributed by atoms with E-state index < -0.39 is 0 Å². The molecule has 3 aromatic heterocycles. The SMILES string of the molecule is CCc1cc(=O)[nH]c(-c2cccc(NC(=O)C3CCN(c4oc(-c5ccco5)nc4C#N)CC3)c2)n1. The third-order valence-electron chi connectivity index (χ3n) is 6.16. The second kappa shape index (κ2) is 9.92. The van der Waals surface area contributed by atoms with Gasteiger partial charge in [0.15, 0.2) is 5.76 Å². The number of aromatic nitrogens is 3. The van der Waals surface area contributed by atoms with E-state index in [0.29, 0.717) is 61.2 Å². The number of piperidine rings is 1. The van der Waals surface area contributed by atoms with Gasteiger partial charge in [-0.25, -0.2) is 4.98 Å². The smallest absolute Gasteiger partial charge is 0.266 e. The monoisotopic (exact) mass is 484 g/mol. The van der Waals surface area contributed by atoms with Crippen molar-refractivity contribution in [2.45, 2.75) is 26.2 Å². The van der Waals surface area contributed by atoms with Crippen molar-refractivity contribution in [3.05, 3.63) is 70.5 Å². The van der Waals surface area contributed by atoms with Crippen molar-refractivity contribution in [1.29, 1.82) is 5.26 Å². The van der Waals surface area contributed by atoms with Crippen LogP contribution in [-0.2, 0) is 11.2 Å². The summed E-state index contributed by atoms with van der Waals surface area (Å²) in [4.78, 5) is 38.3. The Morgan fingerprint density at radius 2 is 2.06 bits per heavy atom. The first kappa shape index (κ1) is 23.1. The first-order valence-corrected chi connectivity index (χ1v) is 11.8. The molecule has 182 valence electrons. The zero-order valence-electron chi connectivity index (χ0n) is 19.7. The molecule has 0 spiro atoms. The highest BCUT2D eigenvalue weighted by molar-refractivity contribution is 5.93. The Labute approximate surface area is 206 Å². The molecule has 1 aliphatic rings. The maximum absolute atomic E-state index is 13.0. The number of benzene rings is 1. The number of oxazole rings is 1. The second-order valence-corrected chi connectivity index (χ2v) is 8.53. The van der Waals surface area contributed by atoms with Crippen molar-refractivity contribution < 1.29 is 13.6 Å². The number of aromatic amines is 1. The molecule has 0 radical (unpaired) electrons. The molecule has 0 unspecified atom stereocenters. The zero-order valence-corrected chi connectivity index (χ0v) is 19.7. The van der Waals surface area contributed by atoms with E-state index in [4.69, 9.17) is 8.83 Å². The highest BCUT2D eigenvalue weighted by Crippen LogP contribution is 2.31. The summed E-state index contributed by atoms with van der Waals surface area (Å²) in [6.45, 7) is 3.04. The number of carbonyl (C=O) groups excluding carboxylic acids is 1. The van der Waals surface area contributed by atoms with Gasteiger partial charge in [-0.05, 0) is 43.5 Å². The number of anilines is 2. The number of hydrogen-bond acceptors (Lipinski definition) is 8. The van der Waals surface area contributed by atoms with Gasteiger partial charge >= 0.3 is 0 Å². The molecule has 10 heteroatoms. The Hall–Kier alpha value is -4.65. The minimum atomic E-state index is -0.208. The van der Waals surface area contributed by atoms with Gasteiger partial charge in [-0.15, -0.1) is 0 Å². The molecule has 10 nitrogen and oxygen atoms in total. The van der Waals surface area contributed by atoms with Gasteiger partial charge in [0.2, 0.25) is 17.5 Å². The van der Waals surface area contributed by atoms with Crippen molar-refractivity contribution in [2.24, 2.45) is 5.92 Å². The number of aryl methyl sites for hydroxylation is 1. The predicted octanol–water partition coefficient (Wildman–Crippen LogP) is 3.97. The van der Waals surface area contributed by atoms with Gasteiger partial charge in [-0.2, -0.15) is 10.2 Å². The molecule has 4 aromatic rings. The van der Waals surface area contributed by atoms with Gasteiger partial charge in [0, 0.05) is 42.0 Å². The van der Waals surface area contributed by atoms with Crippen LogP contribution in [0.4, 0.5) is 11.6 Å². The number of nitrogens with zero attached hydrogens (tertiary/aromatic N) is 4. The molecule has 1 amide bonds. The third-order valence-corrected chi connectivity index (χ3v) is 6.16. The molecule has 4 heterocycles. The Kier molecular flexibility index (Phi) is 6.36. The minimum Gasteiger partial charge on any atom is -0.459 e. The lowest BCUT2D eigenvalue weighted by Gasteiger charge is -2.31. The van der Waals surface area contributed by atoms with E-state index in [-0.39, 0.29) is 29.0 Å². The van der Waals surface area contributed by atoms with Crippen LogP contribution in [0.15, 0.2) is 62.4 Å². The molecule has 1 saturated heterocycles. The highest BCUT2D eigenvalue weighted by Gasteiger charge is 2.29. The van der Waals surface area contributed by atoms with Crippen LogP contribution in [0.2, 0.25) is 0 Å². The van der Waals surface area contributed by atoms with Crippen molar-refractivity contribution in [3.63, 3.8) is 0 Å². The molecule has 1 fully saturated rings. The summed E-state index contributed by atoms with van der Waals surface area (Å²) in [5, 5.41) is 12.5. The summed E-state index contributed by atoms with van der Waals surface area (Å²) >= 11 is 0. The lowest BCUT2D eigenvalue weighted by Crippen LogP contribution is -2.38. The van der Waals surface area contributed by atoms with E-state index in [1.54, 1.807) is 18.2 Å². The van der Waals surface area contributed by atoms with Crippen LogP contribution in [0, 0.1) is 17.2 Å². The predicted molar refractivity (Wildman–Crippen MR) is 132 cm³/mol. The second-order valence-electron chi connectivity index (χ2n) is 8.53. The normalized spacial score (nSPS) is 13.9. The molecular formula is C26H24N6O4. The maximum atomic E-state index is 13.0. The minimum absolute atomic E-state index is 0.0788. The number of rotatable bonds is 6. The first-order valence-electron chi connectivity index (χ1n) is 11.8. The van der Waals surface area contributed by atoms with E-state index in [1.807, 2.05) is 30.0 Å². The van der Waals surface area contributed by atoms with Crippen LogP contribution in [0.5, 0.6) is 0 Å². The molecule has 2 N–H and O–H groups in total. The number of H-pyrrole nitrogens is 1. The molecule has 5 rings (SSSR count). The van der Waals surface area contributed by atoms with E-state index in [9.17, 15) is 14.9 Å². The van der Waals surface area contributed by atoms with Crippen molar-refractivity contribution in [1.82, 2.24) is 15.0 Å². The number of furan rings is 1. The third kappa shape index (κ3) is 4.77. The van der Waals surface area contributed by atoms with Crippen molar-refractivity contribution in [2.75, 3.05) is 23.3 Å². The zero-order chi connectivity index (χ0) is 25.1. The largest absolute Gasteiger partial charge is 0.459 e. The Morgan fingerprint density at radius 3 is 2.78 bits per heavy atom. The first-order chi connectivity index (χ1) is 17.5. The number of amides is 1. The molecule has 36 heavy (non-hydrogen) atoms. The topological polar surface area (TPSA) is 141 Å². The number of carbonyl (C=O) groups is 1. The van der Waals surface area contributed by atoms with Crippen LogP contribution in [0.25, 0.3) is 23.0 Å². The summed E-state index contributed by atoms with van der Waals surface area (Å²) < 4.78 is 11.1. The van der Waals surface area contributed by atoms with Gasteiger partial charge in [0.05, 0.1) is 6.26 Å². The molecule has 1 aromatic carbocycles. The van der Waals surface area contributed by atoms with E-state index in [0.717, 1.165) is 5.56 Å². The molecule has 0 bridgehead atoms.